The van der Waals surface area contributed by atoms with E-state index in [-0.39, 0.29) is 11.7 Å². The van der Waals surface area contributed by atoms with Crippen molar-refractivity contribution in [1.82, 2.24) is 5.32 Å². The van der Waals surface area contributed by atoms with Gasteiger partial charge in [0.25, 0.3) is 0 Å². The maximum absolute atomic E-state index is 11.9. The highest BCUT2D eigenvalue weighted by atomic mass is 16.6. The first kappa shape index (κ1) is 12.8. The summed E-state index contributed by atoms with van der Waals surface area (Å²) < 4.78 is 5.81. The van der Waals surface area contributed by atoms with Crippen molar-refractivity contribution in [1.29, 1.82) is 0 Å². The van der Waals surface area contributed by atoms with Crippen LogP contribution in [0.15, 0.2) is 24.4 Å². The predicted molar refractivity (Wildman–Crippen MR) is 74.5 cm³/mol. The number of hydrogen-bond donors (Lipinski definition) is 1. The molecule has 0 saturated heterocycles. The highest BCUT2D eigenvalue weighted by Gasteiger charge is 2.53. The molecule has 4 aliphatic rings. The maximum Gasteiger partial charge on any atom is 0.411 e. The molecule has 1 amide bonds. The van der Waals surface area contributed by atoms with Gasteiger partial charge in [-0.25, -0.2) is 4.79 Å². The van der Waals surface area contributed by atoms with E-state index in [0.717, 1.165) is 37.0 Å². The molecule has 104 valence electrons. The van der Waals surface area contributed by atoms with Gasteiger partial charge >= 0.3 is 6.09 Å². The van der Waals surface area contributed by atoms with Crippen molar-refractivity contribution in [2.45, 2.75) is 51.0 Å². The topological polar surface area (TPSA) is 38.3 Å². The molecule has 0 radical (unpaired) electrons. The zero-order valence-electron chi connectivity index (χ0n) is 11.6. The van der Waals surface area contributed by atoms with E-state index in [2.05, 4.69) is 5.32 Å². The van der Waals surface area contributed by atoms with Gasteiger partial charge in [0.15, 0.2) is 0 Å². The van der Waals surface area contributed by atoms with Crippen molar-refractivity contribution in [2.24, 2.45) is 17.8 Å². The quantitative estimate of drug-likeness (QED) is 0.785. The van der Waals surface area contributed by atoms with Crippen molar-refractivity contribution in [3.63, 3.8) is 0 Å². The first-order valence-corrected chi connectivity index (χ1v) is 7.46. The number of ether oxygens (including phenoxy) is 1. The first-order chi connectivity index (χ1) is 9.19. The Kier molecular flexibility index (Phi) is 3.38. The largest absolute Gasteiger partial charge is 0.443 e. The van der Waals surface area contributed by atoms with Gasteiger partial charge in [-0.1, -0.05) is 12.2 Å². The van der Waals surface area contributed by atoms with Crippen molar-refractivity contribution < 1.29 is 9.53 Å². The SMILES string of the molecule is C/C=C\C=C/NC(=O)OC12CC3CC(CC(C3)C1)C2. The van der Waals surface area contributed by atoms with Gasteiger partial charge in [0.05, 0.1) is 0 Å². The van der Waals surface area contributed by atoms with E-state index in [9.17, 15) is 4.79 Å². The lowest BCUT2D eigenvalue weighted by molar-refractivity contribution is -0.126. The first-order valence-electron chi connectivity index (χ1n) is 7.46. The lowest BCUT2D eigenvalue weighted by Crippen LogP contribution is -2.53. The van der Waals surface area contributed by atoms with Crippen LogP contribution >= 0.6 is 0 Å². The minimum Gasteiger partial charge on any atom is -0.443 e. The van der Waals surface area contributed by atoms with Crippen LogP contribution in [-0.2, 0) is 4.74 Å². The third-order valence-electron chi connectivity index (χ3n) is 4.89. The van der Waals surface area contributed by atoms with Crippen LogP contribution in [0.25, 0.3) is 0 Å². The molecule has 0 unspecified atom stereocenters. The molecule has 19 heavy (non-hydrogen) atoms. The second-order valence-electron chi connectivity index (χ2n) is 6.52. The molecule has 0 atom stereocenters. The Balaban J connectivity index is 1.58. The van der Waals surface area contributed by atoms with Gasteiger partial charge in [-0.15, -0.1) is 0 Å². The van der Waals surface area contributed by atoms with Gasteiger partial charge in [-0.3, -0.25) is 5.32 Å². The van der Waals surface area contributed by atoms with Crippen LogP contribution in [0.1, 0.15) is 45.4 Å². The van der Waals surface area contributed by atoms with Gasteiger partial charge < -0.3 is 4.74 Å². The average Bonchev–Trinajstić information content (AvgIpc) is 2.32. The molecule has 3 heteroatoms. The summed E-state index contributed by atoms with van der Waals surface area (Å²) in [6.45, 7) is 1.94. The smallest absolute Gasteiger partial charge is 0.411 e. The molecule has 4 bridgehead atoms. The minimum absolute atomic E-state index is 0.146. The van der Waals surface area contributed by atoms with Crippen LogP contribution in [0.4, 0.5) is 4.79 Å². The van der Waals surface area contributed by atoms with E-state index in [1.807, 2.05) is 19.1 Å². The number of carbonyl (C=O) groups is 1. The average molecular weight is 261 g/mol. The molecule has 4 aliphatic carbocycles. The second-order valence-corrected chi connectivity index (χ2v) is 6.52. The zero-order chi connectivity index (χ0) is 13.3. The van der Waals surface area contributed by atoms with Crippen molar-refractivity contribution in [3.05, 3.63) is 24.4 Å². The van der Waals surface area contributed by atoms with E-state index in [4.69, 9.17) is 4.74 Å². The number of amides is 1. The van der Waals surface area contributed by atoms with Crippen LogP contribution in [0.5, 0.6) is 0 Å². The second kappa shape index (κ2) is 5.03. The molecule has 4 fully saturated rings. The Morgan fingerprint density at radius 2 is 1.68 bits per heavy atom. The molecule has 0 aromatic rings. The summed E-state index contributed by atoms with van der Waals surface area (Å²) in [5.74, 6) is 2.41. The van der Waals surface area contributed by atoms with Gasteiger partial charge in [-0.2, -0.15) is 0 Å². The third-order valence-corrected chi connectivity index (χ3v) is 4.89. The Bertz CT molecular complexity index is 376. The minimum atomic E-state index is -0.289. The number of alkyl carbamates (subject to hydrolysis) is 1. The van der Waals surface area contributed by atoms with Crippen molar-refractivity contribution >= 4 is 6.09 Å². The molecular formula is C16H23NO2. The van der Waals surface area contributed by atoms with Gasteiger partial charge in [0.2, 0.25) is 0 Å². The molecule has 0 aromatic carbocycles. The summed E-state index contributed by atoms with van der Waals surface area (Å²) in [5, 5.41) is 2.70. The maximum atomic E-state index is 11.9. The summed E-state index contributed by atoms with van der Waals surface area (Å²) >= 11 is 0. The van der Waals surface area contributed by atoms with Crippen LogP contribution in [0.3, 0.4) is 0 Å². The van der Waals surface area contributed by atoms with Crippen LogP contribution < -0.4 is 5.32 Å². The van der Waals surface area contributed by atoms with Gasteiger partial charge in [0, 0.05) is 6.20 Å². The summed E-state index contributed by atoms with van der Waals surface area (Å²) in [5.41, 5.74) is -0.146. The lowest BCUT2D eigenvalue weighted by Gasteiger charge is -2.55. The van der Waals surface area contributed by atoms with Crippen LogP contribution in [-0.4, -0.2) is 11.7 Å². The van der Waals surface area contributed by atoms with Crippen molar-refractivity contribution in [2.75, 3.05) is 0 Å². The number of nitrogens with one attached hydrogen (secondary N) is 1. The molecule has 0 heterocycles. The molecule has 4 rings (SSSR count). The molecule has 0 spiro atoms. The standard InChI is InChI=1S/C16H23NO2/c1-2-3-4-5-17-15(18)19-16-9-12-6-13(10-16)8-14(7-12)11-16/h2-5,12-14H,6-11H2,1H3,(H,17,18)/b3-2-,5-4-. The van der Waals surface area contributed by atoms with E-state index in [1.54, 1.807) is 12.3 Å². The molecule has 0 aliphatic heterocycles. The van der Waals surface area contributed by atoms with E-state index < -0.39 is 0 Å². The summed E-state index contributed by atoms with van der Waals surface area (Å²) in [4.78, 5) is 11.9. The summed E-state index contributed by atoms with van der Waals surface area (Å²) in [6.07, 6.45) is 14.3. The molecule has 3 nitrogen and oxygen atoms in total. The highest BCUT2D eigenvalue weighted by molar-refractivity contribution is 5.69. The van der Waals surface area contributed by atoms with Gasteiger partial charge in [-0.05, 0) is 69.3 Å². The Labute approximate surface area is 115 Å². The number of allylic oxidation sites excluding steroid dienone is 3. The third kappa shape index (κ3) is 2.70. The Morgan fingerprint density at radius 1 is 1.11 bits per heavy atom. The van der Waals surface area contributed by atoms with Crippen LogP contribution in [0.2, 0.25) is 0 Å². The molecule has 1 N–H and O–H groups in total. The van der Waals surface area contributed by atoms with E-state index in [0.29, 0.717) is 0 Å². The number of hydrogen-bond acceptors (Lipinski definition) is 2. The predicted octanol–water partition coefficient (Wildman–Crippen LogP) is 3.77. The fourth-order valence-electron chi connectivity index (χ4n) is 4.67. The molecule has 4 saturated carbocycles. The fourth-order valence-corrected chi connectivity index (χ4v) is 4.67. The zero-order valence-corrected chi connectivity index (χ0v) is 11.6. The normalized spacial score (nSPS) is 40.2. The number of rotatable bonds is 3. The Morgan fingerprint density at radius 3 is 2.21 bits per heavy atom. The Hall–Kier alpha value is -1.25. The van der Waals surface area contributed by atoms with Crippen molar-refractivity contribution in [3.8, 4) is 0 Å². The molecular weight excluding hydrogens is 238 g/mol. The number of carbonyl (C=O) groups excluding carboxylic acids is 1. The van der Waals surface area contributed by atoms with Crippen LogP contribution in [0, 0.1) is 17.8 Å². The van der Waals surface area contributed by atoms with E-state index in [1.165, 1.54) is 19.3 Å². The van der Waals surface area contributed by atoms with E-state index >= 15 is 0 Å². The summed E-state index contributed by atoms with van der Waals surface area (Å²) in [6, 6.07) is 0. The molecule has 0 aromatic heterocycles. The lowest BCUT2D eigenvalue weighted by atomic mass is 9.54. The fraction of sp³-hybridized carbons (Fsp3) is 0.688. The summed E-state index contributed by atoms with van der Waals surface area (Å²) in [7, 11) is 0. The highest BCUT2D eigenvalue weighted by Crippen LogP contribution is 2.57. The van der Waals surface area contributed by atoms with Gasteiger partial charge in [0.1, 0.15) is 5.60 Å². The monoisotopic (exact) mass is 261 g/mol.